The van der Waals surface area contributed by atoms with E-state index in [9.17, 15) is 0 Å². The summed E-state index contributed by atoms with van der Waals surface area (Å²) in [5.41, 5.74) is 2.06. The van der Waals surface area contributed by atoms with Crippen molar-refractivity contribution in [3.63, 3.8) is 0 Å². The average molecular weight is 166 g/mol. The SMILES string of the molecule is CC/C(=C\c1cncn1C)CO. The maximum Gasteiger partial charge on any atom is 0.0948 e. The van der Waals surface area contributed by atoms with E-state index in [0.29, 0.717) is 0 Å². The van der Waals surface area contributed by atoms with Crippen LogP contribution in [0.25, 0.3) is 6.08 Å². The maximum atomic E-state index is 8.92. The molecule has 1 N–H and O–H groups in total. The molecule has 0 aromatic carbocycles. The van der Waals surface area contributed by atoms with Crippen molar-refractivity contribution in [2.75, 3.05) is 6.61 Å². The van der Waals surface area contributed by atoms with Crippen LogP contribution in [0.2, 0.25) is 0 Å². The molecule has 0 atom stereocenters. The molecule has 12 heavy (non-hydrogen) atoms. The Morgan fingerprint density at radius 2 is 2.50 bits per heavy atom. The summed E-state index contributed by atoms with van der Waals surface area (Å²) >= 11 is 0. The van der Waals surface area contributed by atoms with Crippen molar-refractivity contribution in [1.29, 1.82) is 0 Å². The highest BCUT2D eigenvalue weighted by atomic mass is 16.3. The fourth-order valence-corrected chi connectivity index (χ4v) is 0.975. The van der Waals surface area contributed by atoms with E-state index in [4.69, 9.17) is 5.11 Å². The molecule has 0 aliphatic carbocycles. The van der Waals surface area contributed by atoms with Gasteiger partial charge in [0.15, 0.2) is 0 Å². The third kappa shape index (κ3) is 1.95. The van der Waals surface area contributed by atoms with Gasteiger partial charge in [0.25, 0.3) is 0 Å². The van der Waals surface area contributed by atoms with Gasteiger partial charge < -0.3 is 9.67 Å². The predicted octanol–water partition coefficient (Wildman–Crippen LogP) is 1.21. The highest BCUT2D eigenvalue weighted by molar-refractivity contribution is 5.48. The summed E-state index contributed by atoms with van der Waals surface area (Å²) in [5, 5.41) is 8.92. The molecular weight excluding hydrogens is 152 g/mol. The third-order valence-corrected chi connectivity index (χ3v) is 1.86. The Morgan fingerprint density at radius 3 is 2.92 bits per heavy atom. The minimum Gasteiger partial charge on any atom is -0.392 e. The minimum atomic E-state index is 0.127. The van der Waals surface area contributed by atoms with Gasteiger partial charge in [-0.1, -0.05) is 6.92 Å². The zero-order valence-electron chi connectivity index (χ0n) is 7.49. The number of aryl methyl sites for hydroxylation is 1. The first-order valence-corrected chi connectivity index (χ1v) is 4.04. The van der Waals surface area contributed by atoms with Crippen molar-refractivity contribution >= 4 is 6.08 Å². The van der Waals surface area contributed by atoms with Gasteiger partial charge in [0.1, 0.15) is 0 Å². The molecule has 1 heterocycles. The summed E-state index contributed by atoms with van der Waals surface area (Å²) in [6, 6.07) is 0. The number of hydrogen-bond donors (Lipinski definition) is 1. The van der Waals surface area contributed by atoms with E-state index in [1.54, 1.807) is 12.5 Å². The summed E-state index contributed by atoms with van der Waals surface area (Å²) in [7, 11) is 1.93. The number of hydrogen-bond acceptors (Lipinski definition) is 2. The molecule has 0 amide bonds. The van der Waals surface area contributed by atoms with Crippen molar-refractivity contribution in [3.05, 3.63) is 23.8 Å². The zero-order chi connectivity index (χ0) is 8.97. The van der Waals surface area contributed by atoms with Crippen LogP contribution in [-0.4, -0.2) is 21.3 Å². The standard InChI is InChI=1S/C9H14N2O/c1-3-8(6-12)4-9-5-10-7-11(9)2/h4-5,7,12H,3,6H2,1-2H3/b8-4+. The van der Waals surface area contributed by atoms with E-state index >= 15 is 0 Å². The summed E-state index contributed by atoms with van der Waals surface area (Å²) in [6.07, 6.45) is 6.37. The number of aromatic nitrogens is 2. The lowest BCUT2D eigenvalue weighted by Crippen LogP contribution is -1.92. The van der Waals surface area contributed by atoms with Crippen LogP contribution in [0.1, 0.15) is 19.0 Å². The fraction of sp³-hybridized carbons (Fsp3) is 0.444. The summed E-state index contributed by atoms with van der Waals surface area (Å²) < 4.78 is 1.92. The van der Waals surface area contributed by atoms with Gasteiger partial charge in [0, 0.05) is 7.05 Å². The number of nitrogens with zero attached hydrogens (tertiary/aromatic N) is 2. The van der Waals surface area contributed by atoms with Gasteiger partial charge in [0.2, 0.25) is 0 Å². The molecule has 0 aliphatic heterocycles. The van der Waals surface area contributed by atoms with E-state index in [1.807, 2.05) is 24.6 Å². The van der Waals surface area contributed by atoms with Crippen LogP contribution in [0.4, 0.5) is 0 Å². The molecule has 1 rings (SSSR count). The monoisotopic (exact) mass is 166 g/mol. The first-order chi connectivity index (χ1) is 5.77. The van der Waals surface area contributed by atoms with E-state index in [2.05, 4.69) is 4.98 Å². The second-order valence-electron chi connectivity index (χ2n) is 2.74. The second-order valence-corrected chi connectivity index (χ2v) is 2.74. The van der Waals surface area contributed by atoms with Crippen molar-refractivity contribution in [1.82, 2.24) is 9.55 Å². The summed E-state index contributed by atoms with van der Waals surface area (Å²) in [5.74, 6) is 0. The summed E-state index contributed by atoms with van der Waals surface area (Å²) in [6.45, 7) is 2.15. The molecule has 0 aliphatic rings. The number of aliphatic hydroxyl groups is 1. The largest absolute Gasteiger partial charge is 0.392 e. The number of rotatable bonds is 3. The predicted molar refractivity (Wildman–Crippen MR) is 48.6 cm³/mol. The molecule has 66 valence electrons. The molecule has 0 unspecified atom stereocenters. The Bertz CT molecular complexity index is 270. The Morgan fingerprint density at radius 1 is 1.75 bits per heavy atom. The molecule has 0 bridgehead atoms. The Kier molecular flexibility index (Phi) is 3.05. The van der Waals surface area contributed by atoms with Gasteiger partial charge in [-0.15, -0.1) is 0 Å². The van der Waals surface area contributed by atoms with Crippen molar-refractivity contribution in [2.24, 2.45) is 7.05 Å². The molecular formula is C9H14N2O. The smallest absolute Gasteiger partial charge is 0.0948 e. The van der Waals surface area contributed by atoms with Gasteiger partial charge in [-0.3, -0.25) is 0 Å². The molecule has 0 saturated heterocycles. The van der Waals surface area contributed by atoms with E-state index in [0.717, 1.165) is 17.7 Å². The van der Waals surface area contributed by atoms with Crippen LogP contribution in [-0.2, 0) is 7.05 Å². The Labute approximate surface area is 72.4 Å². The third-order valence-electron chi connectivity index (χ3n) is 1.86. The average Bonchev–Trinajstić information content (AvgIpc) is 2.47. The van der Waals surface area contributed by atoms with Crippen LogP contribution in [0.3, 0.4) is 0 Å². The van der Waals surface area contributed by atoms with Crippen LogP contribution >= 0.6 is 0 Å². The number of aliphatic hydroxyl groups excluding tert-OH is 1. The van der Waals surface area contributed by atoms with Gasteiger partial charge in [-0.05, 0) is 18.1 Å². The van der Waals surface area contributed by atoms with E-state index in [1.165, 1.54) is 0 Å². The quantitative estimate of drug-likeness (QED) is 0.732. The fourth-order valence-electron chi connectivity index (χ4n) is 0.975. The first kappa shape index (κ1) is 9.00. The van der Waals surface area contributed by atoms with Gasteiger partial charge >= 0.3 is 0 Å². The van der Waals surface area contributed by atoms with Crippen LogP contribution < -0.4 is 0 Å². The lowest BCUT2D eigenvalue weighted by molar-refractivity contribution is 0.329. The Hall–Kier alpha value is -1.09. The van der Waals surface area contributed by atoms with Gasteiger partial charge in [0.05, 0.1) is 24.8 Å². The highest BCUT2D eigenvalue weighted by Crippen LogP contribution is 2.07. The van der Waals surface area contributed by atoms with Gasteiger partial charge in [-0.25, -0.2) is 4.98 Å². The molecule has 0 radical (unpaired) electrons. The topological polar surface area (TPSA) is 38.0 Å². The molecule has 0 saturated carbocycles. The van der Waals surface area contributed by atoms with E-state index in [-0.39, 0.29) is 6.61 Å². The van der Waals surface area contributed by atoms with Crippen molar-refractivity contribution in [3.8, 4) is 0 Å². The molecule has 3 heteroatoms. The van der Waals surface area contributed by atoms with Crippen LogP contribution in [0, 0.1) is 0 Å². The minimum absolute atomic E-state index is 0.127. The Balaban J connectivity index is 2.85. The lowest BCUT2D eigenvalue weighted by Gasteiger charge is -1.99. The lowest BCUT2D eigenvalue weighted by atomic mass is 10.2. The molecule has 0 spiro atoms. The zero-order valence-corrected chi connectivity index (χ0v) is 7.49. The van der Waals surface area contributed by atoms with Crippen molar-refractivity contribution in [2.45, 2.75) is 13.3 Å². The van der Waals surface area contributed by atoms with Crippen LogP contribution in [0.5, 0.6) is 0 Å². The normalized spacial score (nSPS) is 12.1. The molecule has 3 nitrogen and oxygen atoms in total. The van der Waals surface area contributed by atoms with Crippen molar-refractivity contribution < 1.29 is 5.11 Å². The number of imidazole rings is 1. The second kappa shape index (κ2) is 4.07. The van der Waals surface area contributed by atoms with E-state index < -0.39 is 0 Å². The maximum absolute atomic E-state index is 8.92. The highest BCUT2D eigenvalue weighted by Gasteiger charge is 1.96. The molecule has 0 fully saturated rings. The first-order valence-electron chi connectivity index (χ1n) is 4.04. The molecule has 1 aromatic heterocycles. The summed E-state index contributed by atoms with van der Waals surface area (Å²) in [4.78, 5) is 3.98. The van der Waals surface area contributed by atoms with Crippen LogP contribution in [0.15, 0.2) is 18.1 Å². The van der Waals surface area contributed by atoms with Gasteiger partial charge in [-0.2, -0.15) is 0 Å². The molecule has 1 aromatic rings.